The van der Waals surface area contributed by atoms with Crippen LogP contribution in [-0.2, 0) is 19.4 Å². The average molecular weight is 558 g/mol. The van der Waals surface area contributed by atoms with Crippen LogP contribution in [0.4, 0.5) is 0 Å². The standard InChI is InChI=1S/C39H61N2/c1-4-6-8-9-10-11-12-13-14-15-16-23-31-40-32-33-41(35(3)24-7-5-2)39(40)30-29-38(37-27-21-18-22-28-37)34-36-25-19-17-20-26-36/h17-22,25-28,32-33,35,38H,4-16,23-24,29-31,34H2,1-3H3/q+1. The normalized spacial score (nSPS) is 13.0. The molecule has 0 bridgehead atoms. The summed E-state index contributed by atoms with van der Waals surface area (Å²) in [6.45, 7) is 8.20. The van der Waals surface area contributed by atoms with E-state index in [1.165, 1.54) is 120 Å². The maximum absolute atomic E-state index is 2.61. The molecule has 0 aliphatic heterocycles. The van der Waals surface area contributed by atoms with Gasteiger partial charge in [0.2, 0.25) is 0 Å². The molecule has 226 valence electrons. The smallest absolute Gasteiger partial charge is 0.234 e. The van der Waals surface area contributed by atoms with Gasteiger partial charge in [-0.05, 0) is 62.5 Å². The summed E-state index contributed by atoms with van der Waals surface area (Å²) in [5.41, 5.74) is 2.92. The Kier molecular flexibility index (Phi) is 16.6. The molecule has 3 rings (SSSR count). The lowest BCUT2D eigenvalue weighted by Crippen LogP contribution is -2.38. The predicted molar refractivity (Wildman–Crippen MR) is 178 cm³/mol. The molecule has 0 aliphatic rings. The summed E-state index contributed by atoms with van der Waals surface area (Å²) in [4.78, 5) is 0. The third kappa shape index (κ3) is 12.6. The van der Waals surface area contributed by atoms with Crippen LogP contribution in [0.2, 0.25) is 0 Å². The lowest BCUT2D eigenvalue weighted by Gasteiger charge is -2.18. The van der Waals surface area contributed by atoms with Crippen LogP contribution in [-0.4, -0.2) is 4.57 Å². The van der Waals surface area contributed by atoms with Gasteiger partial charge in [-0.1, -0.05) is 145 Å². The topological polar surface area (TPSA) is 8.81 Å². The molecule has 0 aliphatic carbocycles. The van der Waals surface area contributed by atoms with E-state index in [2.05, 4.69) is 103 Å². The molecule has 0 N–H and O–H groups in total. The van der Waals surface area contributed by atoms with Crippen LogP contribution in [0.15, 0.2) is 73.1 Å². The molecule has 1 aromatic heterocycles. The van der Waals surface area contributed by atoms with Crippen LogP contribution >= 0.6 is 0 Å². The molecule has 0 radical (unpaired) electrons. The molecular weight excluding hydrogens is 496 g/mol. The summed E-state index contributed by atoms with van der Waals surface area (Å²) in [6, 6.07) is 22.9. The molecule has 2 atom stereocenters. The Balaban J connectivity index is 1.55. The van der Waals surface area contributed by atoms with Gasteiger partial charge < -0.3 is 0 Å². The van der Waals surface area contributed by atoms with Gasteiger partial charge in [-0.25, -0.2) is 9.13 Å². The second-order valence-corrected chi connectivity index (χ2v) is 12.5. The summed E-state index contributed by atoms with van der Waals surface area (Å²) in [6.07, 6.45) is 28.9. The van der Waals surface area contributed by atoms with Gasteiger partial charge in [0.25, 0.3) is 5.82 Å². The van der Waals surface area contributed by atoms with Crippen molar-refractivity contribution in [3.05, 3.63) is 90.0 Å². The number of aryl methyl sites for hydroxylation is 1. The van der Waals surface area contributed by atoms with E-state index in [9.17, 15) is 0 Å². The third-order valence-electron chi connectivity index (χ3n) is 9.05. The fraction of sp³-hybridized carbons (Fsp3) is 0.615. The molecule has 0 fully saturated rings. The van der Waals surface area contributed by atoms with Crippen LogP contribution in [0.3, 0.4) is 0 Å². The van der Waals surface area contributed by atoms with Crippen molar-refractivity contribution in [2.45, 2.75) is 155 Å². The minimum Gasteiger partial charge on any atom is -0.234 e. The molecular formula is C39H61N2+. The number of hydrogen-bond donors (Lipinski definition) is 0. The van der Waals surface area contributed by atoms with Gasteiger partial charge >= 0.3 is 0 Å². The van der Waals surface area contributed by atoms with Gasteiger partial charge in [0.15, 0.2) is 0 Å². The zero-order valence-electron chi connectivity index (χ0n) is 26.9. The van der Waals surface area contributed by atoms with Gasteiger partial charge in [-0.3, -0.25) is 0 Å². The number of imidazole rings is 1. The SMILES string of the molecule is CCCCCCCCCCCCCC[n+]1ccn(C(C)CCCC)c1CCC(Cc1ccccc1)c1ccccc1. The highest BCUT2D eigenvalue weighted by atomic mass is 15.2. The van der Waals surface area contributed by atoms with Crippen molar-refractivity contribution >= 4 is 0 Å². The molecule has 0 amide bonds. The summed E-state index contributed by atoms with van der Waals surface area (Å²) in [5.74, 6) is 2.07. The first-order chi connectivity index (χ1) is 20.2. The number of unbranched alkanes of at least 4 members (excludes halogenated alkanes) is 12. The van der Waals surface area contributed by atoms with Crippen molar-refractivity contribution < 1.29 is 4.57 Å². The highest BCUT2D eigenvalue weighted by Gasteiger charge is 2.23. The van der Waals surface area contributed by atoms with Crippen LogP contribution < -0.4 is 4.57 Å². The van der Waals surface area contributed by atoms with Crippen molar-refractivity contribution in [3.63, 3.8) is 0 Å². The number of nitrogens with zero attached hydrogens (tertiary/aromatic N) is 2. The Hall–Kier alpha value is -2.35. The first kappa shape index (κ1) is 33.2. The van der Waals surface area contributed by atoms with Crippen molar-refractivity contribution in [2.75, 3.05) is 0 Å². The van der Waals surface area contributed by atoms with E-state index in [1.54, 1.807) is 0 Å². The number of rotatable bonds is 23. The molecule has 2 unspecified atom stereocenters. The van der Waals surface area contributed by atoms with Crippen molar-refractivity contribution in [2.24, 2.45) is 0 Å². The first-order valence-corrected chi connectivity index (χ1v) is 17.4. The monoisotopic (exact) mass is 557 g/mol. The van der Waals surface area contributed by atoms with E-state index in [0.717, 1.165) is 19.4 Å². The van der Waals surface area contributed by atoms with Crippen molar-refractivity contribution in [1.82, 2.24) is 4.57 Å². The minimum atomic E-state index is 0.535. The van der Waals surface area contributed by atoms with Gasteiger partial charge in [0, 0.05) is 6.42 Å². The summed E-state index contributed by atoms with van der Waals surface area (Å²) in [5, 5.41) is 0. The largest absolute Gasteiger partial charge is 0.256 e. The molecule has 2 heteroatoms. The van der Waals surface area contributed by atoms with E-state index in [1.807, 2.05) is 0 Å². The number of aromatic nitrogens is 2. The average Bonchev–Trinajstić information content (AvgIpc) is 3.42. The van der Waals surface area contributed by atoms with Gasteiger partial charge in [0.1, 0.15) is 12.4 Å². The van der Waals surface area contributed by atoms with Gasteiger partial charge in [-0.2, -0.15) is 0 Å². The first-order valence-electron chi connectivity index (χ1n) is 17.4. The molecule has 0 spiro atoms. The maximum Gasteiger partial charge on any atom is 0.256 e. The van der Waals surface area contributed by atoms with Crippen LogP contribution in [0, 0.1) is 0 Å². The zero-order chi connectivity index (χ0) is 29.0. The molecule has 2 nitrogen and oxygen atoms in total. The number of hydrogen-bond acceptors (Lipinski definition) is 0. The fourth-order valence-corrected chi connectivity index (χ4v) is 6.43. The van der Waals surface area contributed by atoms with E-state index >= 15 is 0 Å². The summed E-state index contributed by atoms with van der Waals surface area (Å²) < 4.78 is 5.21. The van der Waals surface area contributed by atoms with E-state index in [0.29, 0.717) is 12.0 Å². The Labute approximate surface area is 253 Å². The summed E-state index contributed by atoms with van der Waals surface area (Å²) >= 11 is 0. The summed E-state index contributed by atoms with van der Waals surface area (Å²) in [7, 11) is 0. The van der Waals surface area contributed by atoms with Crippen LogP contribution in [0.25, 0.3) is 0 Å². The van der Waals surface area contributed by atoms with Crippen molar-refractivity contribution in [3.8, 4) is 0 Å². The molecule has 3 aromatic rings. The Morgan fingerprint density at radius 1 is 0.634 bits per heavy atom. The highest BCUT2D eigenvalue weighted by Crippen LogP contribution is 2.27. The maximum atomic E-state index is 2.61. The van der Waals surface area contributed by atoms with Crippen LogP contribution in [0.5, 0.6) is 0 Å². The third-order valence-corrected chi connectivity index (χ3v) is 9.05. The molecule has 0 saturated heterocycles. The minimum absolute atomic E-state index is 0.535. The van der Waals surface area contributed by atoms with E-state index in [4.69, 9.17) is 0 Å². The van der Waals surface area contributed by atoms with E-state index < -0.39 is 0 Å². The molecule has 41 heavy (non-hydrogen) atoms. The molecule has 0 saturated carbocycles. The van der Waals surface area contributed by atoms with Crippen LogP contribution in [0.1, 0.15) is 152 Å². The molecule has 1 heterocycles. The van der Waals surface area contributed by atoms with Gasteiger partial charge in [0.05, 0.1) is 12.6 Å². The zero-order valence-corrected chi connectivity index (χ0v) is 26.9. The Morgan fingerprint density at radius 2 is 1.20 bits per heavy atom. The molecule has 2 aromatic carbocycles. The lowest BCUT2D eigenvalue weighted by atomic mass is 9.88. The quantitative estimate of drug-likeness (QED) is 0.0810. The second-order valence-electron chi connectivity index (χ2n) is 12.5. The highest BCUT2D eigenvalue weighted by molar-refractivity contribution is 5.24. The lowest BCUT2D eigenvalue weighted by molar-refractivity contribution is -0.704. The second kappa shape index (κ2) is 20.5. The van der Waals surface area contributed by atoms with Crippen molar-refractivity contribution in [1.29, 1.82) is 0 Å². The van der Waals surface area contributed by atoms with Gasteiger partial charge in [-0.15, -0.1) is 0 Å². The number of benzene rings is 2. The Morgan fingerprint density at radius 3 is 1.80 bits per heavy atom. The van der Waals surface area contributed by atoms with E-state index in [-0.39, 0.29) is 0 Å². The predicted octanol–water partition coefficient (Wildman–Crippen LogP) is 11.2. The Bertz CT molecular complexity index is 1020. The fourth-order valence-electron chi connectivity index (χ4n) is 6.43.